The number of para-hydroxylation sites is 1. The molecule has 1 heterocycles. The zero-order chi connectivity index (χ0) is 13.9. The van der Waals surface area contributed by atoms with Crippen molar-refractivity contribution >= 4 is 17.5 Å². The Kier molecular flexibility index (Phi) is 3.55. The standard InChI is InChI=1S/C14H18N4O/c1-14(2,3)11-9-12(18-17-11)16-13(19)15-10-7-5-4-6-8-10/h4-9H,1-3H3,(H3,15,16,17,18,19). The number of hydrogen-bond acceptors (Lipinski definition) is 2. The van der Waals surface area contributed by atoms with Gasteiger partial charge in [0.15, 0.2) is 0 Å². The summed E-state index contributed by atoms with van der Waals surface area (Å²) in [5.41, 5.74) is 1.60. The van der Waals surface area contributed by atoms with Crippen molar-refractivity contribution in [1.29, 1.82) is 0 Å². The molecule has 0 saturated carbocycles. The molecule has 0 atom stereocenters. The smallest absolute Gasteiger partial charge is 0.308 e. The molecule has 0 bridgehead atoms. The number of aromatic nitrogens is 2. The molecule has 3 N–H and O–H groups in total. The number of nitrogens with zero attached hydrogens (tertiary/aromatic N) is 1. The van der Waals surface area contributed by atoms with Crippen LogP contribution in [0, 0.1) is 0 Å². The summed E-state index contributed by atoms with van der Waals surface area (Å²) in [5, 5.41) is 12.4. The van der Waals surface area contributed by atoms with Gasteiger partial charge in [0.2, 0.25) is 0 Å². The summed E-state index contributed by atoms with van der Waals surface area (Å²) in [4.78, 5) is 11.8. The normalized spacial score (nSPS) is 11.1. The van der Waals surface area contributed by atoms with Gasteiger partial charge in [-0.25, -0.2) is 4.79 Å². The summed E-state index contributed by atoms with van der Waals surface area (Å²) >= 11 is 0. The first kappa shape index (κ1) is 13.1. The average molecular weight is 258 g/mol. The van der Waals surface area contributed by atoms with E-state index < -0.39 is 0 Å². The molecule has 19 heavy (non-hydrogen) atoms. The minimum Gasteiger partial charge on any atom is -0.308 e. The molecule has 100 valence electrons. The largest absolute Gasteiger partial charge is 0.324 e. The number of aromatic amines is 1. The molecular weight excluding hydrogens is 240 g/mol. The molecule has 1 aromatic heterocycles. The molecule has 5 nitrogen and oxygen atoms in total. The lowest BCUT2D eigenvalue weighted by Crippen LogP contribution is -2.19. The van der Waals surface area contributed by atoms with Gasteiger partial charge >= 0.3 is 6.03 Å². The third-order valence-corrected chi connectivity index (χ3v) is 2.63. The molecule has 0 radical (unpaired) electrons. The Morgan fingerprint density at radius 3 is 2.42 bits per heavy atom. The number of rotatable bonds is 2. The minimum atomic E-state index is -0.296. The van der Waals surface area contributed by atoms with Crippen molar-refractivity contribution in [2.75, 3.05) is 10.6 Å². The van der Waals surface area contributed by atoms with Crippen LogP contribution in [0.1, 0.15) is 26.5 Å². The first-order chi connectivity index (χ1) is 8.95. The van der Waals surface area contributed by atoms with Crippen molar-refractivity contribution in [2.24, 2.45) is 0 Å². The van der Waals surface area contributed by atoms with E-state index in [1.165, 1.54) is 0 Å². The lowest BCUT2D eigenvalue weighted by atomic mass is 9.92. The first-order valence-electron chi connectivity index (χ1n) is 6.14. The number of benzene rings is 1. The van der Waals surface area contributed by atoms with E-state index in [1.54, 1.807) is 0 Å². The van der Waals surface area contributed by atoms with Gasteiger partial charge in [0.05, 0.1) is 5.69 Å². The number of anilines is 2. The molecule has 2 rings (SSSR count). The number of carbonyl (C=O) groups is 1. The monoisotopic (exact) mass is 258 g/mol. The van der Waals surface area contributed by atoms with E-state index >= 15 is 0 Å². The molecule has 2 amide bonds. The van der Waals surface area contributed by atoms with Gasteiger partial charge in [-0.15, -0.1) is 0 Å². The van der Waals surface area contributed by atoms with Crippen LogP contribution in [-0.4, -0.2) is 16.2 Å². The maximum Gasteiger partial charge on any atom is 0.324 e. The Hall–Kier alpha value is -2.30. The lowest BCUT2D eigenvalue weighted by molar-refractivity contribution is 0.262. The van der Waals surface area contributed by atoms with Gasteiger partial charge < -0.3 is 5.32 Å². The van der Waals surface area contributed by atoms with Crippen LogP contribution >= 0.6 is 0 Å². The second-order valence-corrected chi connectivity index (χ2v) is 5.36. The van der Waals surface area contributed by atoms with Crippen LogP contribution in [0.3, 0.4) is 0 Å². The van der Waals surface area contributed by atoms with Crippen LogP contribution < -0.4 is 10.6 Å². The van der Waals surface area contributed by atoms with Crippen LogP contribution in [0.25, 0.3) is 0 Å². The first-order valence-corrected chi connectivity index (χ1v) is 6.14. The molecular formula is C14H18N4O. The predicted molar refractivity (Wildman–Crippen MR) is 76.4 cm³/mol. The van der Waals surface area contributed by atoms with Crippen LogP contribution in [0.5, 0.6) is 0 Å². The second kappa shape index (κ2) is 5.14. The summed E-state index contributed by atoms with van der Waals surface area (Å²) in [7, 11) is 0. The number of hydrogen-bond donors (Lipinski definition) is 3. The topological polar surface area (TPSA) is 69.8 Å². The molecule has 0 aliphatic carbocycles. The molecule has 0 aliphatic rings. The van der Waals surface area contributed by atoms with Crippen LogP contribution in [0.4, 0.5) is 16.3 Å². The maximum absolute atomic E-state index is 11.8. The van der Waals surface area contributed by atoms with E-state index in [0.717, 1.165) is 11.4 Å². The summed E-state index contributed by atoms with van der Waals surface area (Å²) in [6.07, 6.45) is 0. The molecule has 1 aromatic carbocycles. The number of amides is 2. The molecule has 0 spiro atoms. The molecule has 0 saturated heterocycles. The number of carbonyl (C=O) groups excluding carboxylic acids is 1. The third-order valence-electron chi connectivity index (χ3n) is 2.63. The molecule has 0 unspecified atom stereocenters. The highest BCUT2D eigenvalue weighted by Gasteiger charge is 2.17. The Morgan fingerprint density at radius 1 is 1.16 bits per heavy atom. The van der Waals surface area contributed by atoms with E-state index in [0.29, 0.717) is 5.82 Å². The minimum absolute atomic E-state index is 0.0493. The fourth-order valence-electron chi connectivity index (χ4n) is 1.58. The Balaban J connectivity index is 1.98. The van der Waals surface area contributed by atoms with Crippen molar-refractivity contribution in [1.82, 2.24) is 10.2 Å². The molecule has 2 aromatic rings. The zero-order valence-corrected chi connectivity index (χ0v) is 11.3. The van der Waals surface area contributed by atoms with Crippen LogP contribution in [0.2, 0.25) is 0 Å². The van der Waals surface area contributed by atoms with Crippen molar-refractivity contribution in [3.8, 4) is 0 Å². The van der Waals surface area contributed by atoms with Crippen LogP contribution in [0.15, 0.2) is 36.4 Å². The lowest BCUT2D eigenvalue weighted by Gasteiger charge is -2.13. The highest BCUT2D eigenvalue weighted by molar-refractivity contribution is 5.99. The molecule has 0 fully saturated rings. The Morgan fingerprint density at radius 2 is 1.84 bits per heavy atom. The van der Waals surface area contributed by atoms with Gasteiger partial charge in [0, 0.05) is 17.2 Å². The highest BCUT2D eigenvalue weighted by atomic mass is 16.2. The maximum atomic E-state index is 11.8. The quantitative estimate of drug-likeness (QED) is 0.773. The number of nitrogens with one attached hydrogen (secondary N) is 3. The number of H-pyrrole nitrogens is 1. The van der Waals surface area contributed by atoms with Crippen molar-refractivity contribution in [3.63, 3.8) is 0 Å². The second-order valence-electron chi connectivity index (χ2n) is 5.36. The van der Waals surface area contributed by atoms with Crippen molar-refractivity contribution in [2.45, 2.75) is 26.2 Å². The van der Waals surface area contributed by atoms with E-state index in [4.69, 9.17) is 0 Å². The number of urea groups is 1. The fourth-order valence-corrected chi connectivity index (χ4v) is 1.58. The van der Waals surface area contributed by atoms with E-state index in [9.17, 15) is 4.79 Å². The van der Waals surface area contributed by atoms with E-state index in [2.05, 4.69) is 41.6 Å². The van der Waals surface area contributed by atoms with Crippen molar-refractivity contribution < 1.29 is 4.79 Å². The SMILES string of the molecule is CC(C)(C)c1cc(NC(=O)Nc2ccccc2)[nH]n1. The Bertz CT molecular complexity index is 554. The van der Waals surface area contributed by atoms with Gasteiger partial charge in [0.1, 0.15) is 5.82 Å². The fraction of sp³-hybridized carbons (Fsp3) is 0.286. The Labute approximate surface area is 112 Å². The van der Waals surface area contributed by atoms with Gasteiger partial charge in [-0.2, -0.15) is 5.10 Å². The summed E-state index contributed by atoms with van der Waals surface area (Å²) in [5.74, 6) is 0.582. The van der Waals surface area contributed by atoms with Crippen molar-refractivity contribution in [3.05, 3.63) is 42.1 Å². The zero-order valence-electron chi connectivity index (χ0n) is 11.3. The molecule has 5 heteroatoms. The van der Waals surface area contributed by atoms with Gasteiger partial charge in [-0.3, -0.25) is 10.4 Å². The van der Waals surface area contributed by atoms with E-state index in [1.807, 2.05) is 36.4 Å². The summed E-state index contributed by atoms with van der Waals surface area (Å²) in [6.45, 7) is 6.20. The van der Waals surface area contributed by atoms with Gasteiger partial charge in [-0.05, 0) is 12.1 Å². The third kappa shape index (κ3) is 3.58. The summed E-state index contributed by atoms with van der Waals surface area (Å²) < 4.78 is 0. The van der Waals surface area contributed by atoms with E-state index in [-0.39, 0.29) is 11.4 Å². The average Bonchev–Trinajstić information content (AvgIpc) is 2.78. The molecule has 0 aliphatic heterocycles. The van der Waals surface area contributed by atoms with Gasteiger partial charge in [-0.1, -0.05) is 39.0 Å². The van der Waals surface area contributed by atoms with Gasteiger partial charge in [0.25, 0.3) is 0 Å². The summed E-state index contributed by atoms with van der Waals surface area (Å²) in [6, 6.07) is 10.8. The predicted octanol–water partition coefficient (Wildman–Crippen LogP) is 3.35. The van der Waals surface area contributed by atoms with Crippen LogP contribution in [-0.2, 0) is 5.41 Å². The highest BCUT2D eigenvalue weighted by Crippen LogP contribution is 2.21.